The van der Waals surface area contributed by atoms with E-state index in [0.29, 0.717) is 32.5 Å². The first kappa shape index (κ1) is 22.1. The largest absolute Gasteiger partial charge is 0.446 e. The van der Waals surface area contributed by atoms with Crippen LogP contribution >= 0.6 is 11.3 Å². The molecule has 0 aromatic carbocycles. The molecule has 3 rings (SSSR count). The molecule has 0 saturated carbocycles. The number of nitrogens with one attached hydrogen (secondary N) is 2. The number of amides is 2. The highest BCUT2D eigenvalue weighted by Crippen LogP contribution is 2.40. The monoisotopic (exact) mass is 444 g/mol. The van der Waals surface area contributed by atoms with E-state index in [-0.39, 0.29) is 27.7 Å². The molecule has 0 radical (unpaired) electrons. The maximum atomic E-state index is 13.7. The number of carbonyl (C=O) groups excluding carboxylic acids is 2. The lowest BCUT2D eigenvalue weighted by Gasteiger charge is -2.32. The Morgan fingerprint density at radius 2 is 2.03 bits per heavy atom. The van der Waals surface area contributed by atoms with E-state index in [2.05, 4.69) is 15.6 Å². The molecule has 1 fully saturated rings. The average Bonchev–Trinajstić information content (AvgIpc) is 3.14. The Labute approximate surface area is 175 Å². The zero-order valence-corrected chi connectivity index (χ0v) is 17.5. The van der Waals surface area contributed by atoms with Crippen molar-refractivity contribution in [2.24, 2.45) is 0 Å². The van der Waals surface area contributed by atoms with Crippen molar-refractivity contribution in [3.05, 3.63) is 22.6 Å². The van der Waals surface area contributed by atoms with Gasteiger partial charge in [-0.2, -0.15) is 13.2 Å². The van der Waals surface area contributed by atoms with Gasteiger partial charge in [-0.25, -0.2) is 9.78 Å². The average molecular weight is 444 g/mol. The Bertz CT molecular complexity index is 924. The van der Waals surface area contributed by atoms with E-state index in [9.17, 15) is 22.8 Å². The number of hydrogen-bond acceptors (Lipinski definition) is 6. The number of thiophene rings is 1. The number of rotatable bonds is 5. The SMILES string of the molecule is CCCNC(=O)OC1CCN(c2cc(C(F)(F)F)c3scc(C(=O)NC)c3n2)CC1. The molecule has 0 aliphatic carbocycles. The van der Waals surface area contributed by atoms with Crippen LogP contribution in [0.4, 0.5) is 23.8 Å². The minimum absolute atomic E-state index is 0.0430. The number of pyridine rings is 1. The number of anilines is 1. The van der Waals surface area contributed by atoms with E-state index >= 15 is 0 Å². The minimum Gasteiger partial charge on any atom is -0.446 e. The molecule has 2 amide bonds. The molecule has 2 aromatic rings. The molecular weight excluding hydrogens is 421 g/mol. The fraction of sp³-hybridized carbons (Fsp3) is 0.526. The van der Waals surface area contributed by atoms with Gasteiger partial charge in [0.25, 0.3) is 5.91 Å². The van der Waals surface area contributed by atoms with Gasteiger partial charge in [0, 0.05) is 44.9 Å². The Hall–Kier alpha value is -2.56. The van der Waals surface area contributed by atoms with Crippen molar-refractivity contribution in [1.29, 1.82) is 0 Å². The summed E-state index contributed by atoms with van der Waals surface area (Å²) >= 11 is 0.854. The molecular formula is C19H23F3N4O3S. The second-order valence-electron chi connectivity index (χ2n) is 6.95. The molecule has 0 bridgehead atoms. The van der Waals surface area contributed by atoms with Gasteiger partial charge in [0.2, 0.25) is 0 Å². The molecule has 1 aliphatic heterocycles. The molecule has 0 atom stereocenters. The number of piperidine rings is 1. The van der Waals surface area contributed by atoms with Crippen molar-refractivity contribution in [2.45, 2.75) is 38.5 Å². The van der Waals surface area contributed by atoms with E-state index in [1.165, 1.54) is 12.4 Å². The highest BCUT2D eigenvalue weighted by Gasteiger charge is 2.36. The van der Waals surface area contributed by atoms with Crippen LogP contribution in [0.5, 0.6) is 0 Å². The van der Waals surface area contributed by atoms with Gasteiger partial charge in [-0.15, -0.1) is 11.3 Å². The molecule has 7 nitrogen and oxygen atoms in total. The summed E-state index contributed by atoms with van der Waals surface area (Å²) in [5.41, 5.74) is -0.642. The molecule has 3 heterocycles. The van der Waals surface area contributed by atoms with Crippen molar-refractivity contribution >= 4 is 39.4 Å². The van der Waals surface area contributed by atoms with Crippen LogP contribution in [0.3, 0.4) is 0 Å². The Kier molecular flexibility index (Phi) is 6.69. The minimum atomic E-state index is -4.57. The zero-order chi connectivity index (χ0) is 21.9. The lowest BCUT2D eigenvalue weighted by Crippen LogP contribution is -2.40. The molecule has 1 aliphatic rings. The van der Waals surface area contributed by atoms with Gasteiger partial charge in [0.15, 0.2) is 0 Å². The fourth-order valence-corrected chi connectivity index (χ4v) is 4.31. The lowest BCUT2D eigenvalue weighted by molar-refractivity contribution is -0.136. The van der Waals surface area contributed by atoms with Crippen molar-refractivity contribution in [1.82, 2.24) is 15.6 Å². The predicted molar refractivity (Wildman–Crippen MR) is 108 cm³/mol. The highest BCUT2D eigenvalue weighted by atomic mass is 32.1. The molecule has 1 saturated heterocycles. The lowest BCUT2D eigenvalue weighted by atomic mass is 10.1. The maximum Gasteiger partial charge on any atom is 0.417 e. The quantitative estimate of drug-likeness (QED) is 0.733. The van der Waals surface area contributed by atoms with Gasteiger partial charge in [0.05, 0.1) is 21.3 Å². The summed E-state index contributed by atoms with van der Waals surface area (Å²) in [4.78, 5) is 29.9. The molecule has 164 valence electrons. The third kappa shape index (κ3) is 4.77. The Balaban J connectivity index is 1.82. The number of nitrogens with zero attached hydrogens (tertiary/aromatic N) is 2. The summed E-state index contributed by atoms with van der Waals surface area (Å²) in [5.74, 6) is -0.323. The van der Waals surface area contributed by atoms with E-state index < -0.39 is 23.7 Å². The standard InChI is InChI=1S/C19H23F3N4O3S/c1-3-6-24-18(28)29-11-4-7-26(8-5-11)14-9-13(19(20,21)22)16-15(25-14)12(10-30-16)17(27)23-2/h9-11H,3-8H2,1-2H3,(H,23,27)(H,24,28). The van der Waals surface area contributed by atoms with Crippen LogP contribution in [0, 0.1) is 0 Å². The first-order chi connectivity index (χ1) is 14.2. The second kappa shape index (κ2) is 9.07. The first-order valence-electron chi connectivity index (χ1n) is 9.65. The summed E-state index contributed by atoms with van der Waals surface area (Å²) in [6.45, 7) is 3.24. The summed E-state index contributed by atoms with van der Waals surface area (Å²) in [6.07, 6.45) is -3.60. The van der Waals surface area contributed by atoms with Gasteiger partial charge in [0.1, 0.15) is 11.9 Å². The van der Waals surface area contributed by atoms with E-state index in [4.69, 9.17) is 4.74 Å². The van der Waals surface area contributed by atoms with Crippen LogP contribution in [0.25, 0.3) is 10.2 Å². The van der Waals surface area contributed by atoms with Gasteiger partial charge >= 0.3 is 12.3 Å². The summed E-state index contributed by atoms with van der Waals surface area (Å²) in [5, 5.41) is 6.46. The van der Waals surface area contributed by atoms with E-state index in [1.54, 1.807) is 4.90 Å². The van der Waals surface area contributed by atoms with Crippen LogP contribution in [0.15, 0.2) is 11.4 Å². The fourth-order valence-electron chi connectivity index (χ4n) is 3.29. The highest BCUT2D eigenvalue weighted by molar-refractivity contribution is 7.17. The number of aromatic nitrogens is 1. The number of carbonyl (C=O) groups is 2. The second-order valence-corrected chi connectivity index (χ2v) is 7.83. The Morgan fingerprint density at radius 1 is 1.33 bits per heavy atom. The van der Waals surface area contributed by atoms with Crippen molar-refractivity contribution in [3.8, 4) is 0 Å². The van der Waals surface area contributed by atoms with Crippen LogP contribution in [-0.2, 0) is 10.9 Å². The molecule has 11 heteroatoms. The van der Waals surface area contributed by atoms with E-state index in [0.717, 1.165) is 23.8 Å². The summed E-state index contributed by atoms with van der Waals surface area (Å²) < 4.78 is 46.3. The number of halogens is 3. The summed E-state index contributed by atoms with van der Waals surface area (Å²) in [7, 11) is 1.42. The van der Waals surface area contributed by atoms with Crippen molar-refractivity contribution < 1.29 is 27.5 Å². The predicted octanol–water partition coefficient (Wildman–Crippen LogP) is 3.78. The molecule has 2 aromatic heterocycles. The van der Waals surface area contributed by atoms with Crippen LogP contribution < -0.4 is 15.5 Å². The smallest absolute Gasteiger partial charge is 0.417 e. The number of hydrogen-bond donors (Lipinski definition) is 2. The number of fused-ring (bicyclic) bond motifs is 1. The Morgan fingerprint density at radius 3 is 2.63 bits per heavy atom. The zero-order valence-electron chi connectivity index (χ0n) is 16.6. The molecule has 0 unspecified atom stereocenters. The van der Waals surface area contributed by atoms with Gasteiger partial charge in [-0.3, -0.25) is 4.79 Å². The van der Waals surface area contributed by atoms with Crippen molar-refractivity contribution in [2.75, 3.05) is 31.6 Å². The number of alkyl halides is 3. The van der Waals surface area contributed by atoms with Crippen molar-refractivity contribution in [3.63, 3.8) is 0 Å². The van der Waals surface area contributed by atoms with Gasteiger partial charge in [-0.05, 0) is 12.5 Å². The number of ether oxygens (including phenoxy) is 1. The van der Waals surface area contributed by atoms with Crippen LogP contribution in [0.2, 0.25) is 0 Å². The topological polar surface area (TPSA) is 83.6 Å². The van der Waals surface area contributed by atoms with Gasteiger partial charge < -0.3 is 20.3 Å². The first-order valence-corrected chi connectivity index (χ1v) is 10.5. The molecule has 30 heavy (non-hydrogen) atoms. The van der Waals surface area contributed by atoms with Gasteiger partial charge in [-0.1, -0.05) is 6.92 Å². The maximum absolute atomic E-state index is 13.7. The normalized spacial score (nSPS) is 15.3. The molecule has 0 spiro atoms. The van der Waals surface area contributed by atoms with E-state index in [1.807, 2.05) is 6.92 Å². The third-order valence-corrected chi connectivity index (χ3v) is 5.85. The summed E-state index contributed by atoms with van der Waals surface area (Å²) in [6, 6.07) is 1.03. The van der Waals surface area contributed by atoms with Crippen LogP contribution in [0.1, 0.15) is 42.1 Å². The third-order valence-electron chi connectivity index (χ3n) is 4.85. The van der Waals surface area contributed by atoms with Crippen LogP contribution in [-0.4, -0.2) is 49.8 Å². The number of alkyl carbamates (subject to hydrolysis) is 1. The molecule has 2 N–H and O–H groups in total.